The Bertz CT molecular complexity index is 774. The first-order valence-corrected chi connectivity index (χ1v) is 11.1. The van der Waals surface area contributed by atoms with Crippen molar-refractivity contribution in [2.24, 2.45) is 10.4 Å². The molecule has 0 spiro atoms. The minimum absolute atomic E-state index is 0. The molecule has 0 atom stereocenters. The number of guanidine groups is 1. The smallest absolute Gasteiger partial charge is 0.191 e. The van der Waals surface area contributed by atoms with Gasteiger partial charge in [0.2, 0.25) is 0 Å². The molecule has 0 radical (unpaired) electrons. The summed E-state index contributed by atoms with van der Waals surface area (Å²) in [4.78, 5) is 4.28. The van der Waals surface area contributed by atoms with E-state index in [4.69, 9.17) is 11.6 Å². The quantitative estimate of drug-likeness (QED) is 0.335. The van der Waals surface area contributed by atoms with Crippen molar-refractivity contribution in [1.29, 1.82) is 0 Å². The highest BCUT2D eigenvalue weighted by atomic mass is 127. The first-order valence-electron chi connectivity index (χ1n) is 8.64. The van der Waals surface area contributed by atoms with Crippen molar-refractivity contribution < 1.29 is 8.42 Å². The number of rotatable bonds is 7. The molecule has 2 aliphatic carbocycles. The van der Waals surface area contributed by atoms with Crippen LogP contribution in [0.4, 0.5) is 0 Å². The van der Waals surface area contributed by atoms with Crippen molar-refractivity contribution in [2.45, 2.75) is 31.1 Å². The fraction of sp³-hybridized carbons (Fsp3) is 0.611. The van der Waals surface area contributed by atoms with Crippen LogP contribution in [-0.4, -0.2) is 46.5 Å². The average molecular weight is 512 g/mol. The van der Waals surface area contributed by atoms with Gasteiger partial charge in [-0.15, -0.1) is 24.0 Å². The van der Waals surface area contributed by atoms with Crippen molar-refractivity contribution in [3.8, 4) is 0 Å². The molecule has 0 aliphatic heterocycles. The van der Waals surface area contributed by atoms with Gasteiger partial charge >= 0.3 is 0 Å². The Balaban J connectivity index is 0.00000243. The molecule has 0 unspecified atom stereocenters. The second kappa shape index (κ2) is 8.22. The minimum atomic E-state index is -2.95. The maximum Gasteiger partial charge on any atom is 0.191 e. The second-order valence-corrected chi connectivity index (χ2v) is 10.2. The summed E-state index contributed by atoms with van der Waals surface area (Å²) >= 11 is 6.12. The van der Waals surface area contributed by atoms with E-state index in [1.165, 1.54) is 11.8 Å². The monoisotopic (exact) mass is 511 g/mol. The topological polar surface area (TPSA) is 70.6 Å². The Hall–Kier alpha value is -0.540. The van der Waals surface area contributed by atoms with E-state index in [0.717, 1.165) is 43.2 Å². The molecule has 2 aliphatic rings. The average Bonchev–Trinajstić information content (AvgIpc) is 3.44. The molecular weight excluding hydrogens is 485 g/mol. The Morgan fingerprint density at radius 3 is 2.35 bits per heavy atom. The highest BCUT2D eigenvalue weighted by Crippen LogP contribution is 2.48. The number of aliphatic imine (C=N–C) groups is 1. The van der Waals surface area contributed by atoms with E-state index >= 15 is 0 Å². The van der Waals surface area contributed by atoms with Gasteiger partial charge in [-0.3, -0.25) is 4.99 Å². The number of halogens is 2. The third-order valence-electron chi connectivity index (χ3n) is 5.26. The third kappa shape index (κ3) is 5.73. The first-order chi connectivity index (χ1) is 11.8. The van der Waals surface area contributed by atoms with Gasteiger partial charge in [0, 0.05) is 42.2 Å². The molecule has 0 amide bonds. The molecule has 0 heterocycles. The highest BCUT2D eigenvalue weighted by molar-refractivity contribution is 14.0. The lowest BCUT2D eigenvalue weighted by molar-refractivity contribution is 0.527. The molecule has 1 aromatic carbocycles. The van der Waals surface area contributed by atoms with Gasteiger partial charge in [0.1, 0.15) is 9.84 Å². The highest BCUT2D eigenvalue weighted by Gasteiger charge is 2.46. The molecule has 3 rings (SSSR count). The summed E-state index contributed by atoms with van der Waals surface area (Å²) in [7, 11) is -1.21. The molecule has 5 nitrogen and oxygen atoms in total. The molecule has 0 bridgehead atoms. The predicted molar refractivity (Wildman–Crippen MR) is 119 cm³/mol. The molecule has 146 valence electrons. The molecule has 2 fully saturated rings. The normalized spacial score (nSPS) is 20.0. The van der Waals surface area contributed by atoms with Crippen LogP contribution in [0.2, 0.25) is 5.02 Å². The fourth-order valence-corrected chi connectivity index (χ4v) is 5.08. The van der Waals surface area contributed by atoms with Gasteiger partial charge in [0.25, 0.3) is 0 Å². The molecule has 1 aromatic rings. The lowest BCUT2D eigenvalue weighted by Gasteiger charge is -2.21. The van der Waals surface area contributed by atoms with Crippen LogP contribution in [0.1, 0.15) is 31.2 Å². The van der Waals surface area contributed by atoms with E-state index in [0.29, 0.717) is 6.54 Å². The zero-order chi connectivity index (χ0) is 18.1. The summed E-state index contributed by atoms with van der Waals surface area (Å²) in [5, 5.41) is 7.47. The van der Waals surface area contributed by atoms with Gasteiger partial charge in [-0.05, 0) is 43.4 Å². The zero-order valence-corrected chi connectivity index (χ0v) is 19.1. The fourth-order valence-electron chi connectivity index (χ4n) is 3.39. The standard InChI is InChI=1S/C18H26ClN3O2S.HI/c1-20-16(21-11-17(6-7-17)13-25(2,23)24)22-12-18(8-9-18)14-4-3-5-15(19)10-14;/h3-5,10H,6-9,11-13H2,1-2H3,(H2,20,21,22);1H. The summed E-state index contributed by atoms with van der Waals surface area (Å²) < 4.78 is 23.1. The summed E-state index contributed by atoms with van der Waals surface area (Å²) in [6, 6.07) is 8.05. The second-order valence-electron chi connectivity index (χ2n) is 7.64. The van der Waals surface area contributed by atoms with Gasteiger partial charge < -0.3 is 10.6 Å². The van der Waals surface area contributed by atoms with Crippen LogP contribution in [0.15, 0.2) is 29.3 Å². The summed E-state index contributed by atoms with van der Waals surface area (Å²) in [5.74, 6) is 0.976. The molecule has 2 N–H and O–H groups in total. The van der Waals surface area contributed by atoms with Crippen LogP contribution < -0.4 is 10.6 Å². The SMILES string of the molecule is CN=C(NCC1(CS(C)(=O)=O)CC1)NCC1(c2cccc(Cl)c2)CC1.I. The summed E-state index contributed by atoms with van der Waals surface area (Å²) in [6.45, 7) is 1.44. The molecular formula is C18H27ClIN3O2S. The van der Waals surface area contributed by atoms with E-state index in [2.05, 4.69) is 21.7 Å². The summed E-state index contributed by atoms with van der Waals surface area (Å²) in [6.07, 6.45) is 5.49. The van der Waals surface area contributed by atoms with E-state index in [-0.39, 0.29) is 40.6 Å². The van der Waals surface area contributed by atoms with Crippen molar-refractivity contribution in [1.82, 2.24) is 10.6 Å². The Morgan fingerprint density at radius 1 is 1.19 bits per heavy atom. The van der Waals surface area contributed by atoms with Gasteiger partial charge in [-0.1, -0.05) is 23.7 Å². The Kier molecular flexibility index (Phi) is 6.88. The number of hydrogen-bond acceptors (Lipinski definition) is 3. The maximum absolute atomic E-state index is 11.6. The molecule has 26 heavy (non-hydrogen) atoms. The van der Waals surface area contributed by atoms with Crippen LogP contribution in [0.3, 0.4) is 0 Å². The predicted octanol–water partition coefficient (Wildman–Crippen LogP) is 2.98. The van der Waals surface area contributed by atoms with E-state index < -0.39 is 9.84 Å². The summed E-state index contributed by atoms with van der Waals surface area (Å²) in [5.41, 5.74) is 1.28. The third-order valence-corrected chi connectivity index (χ3v) is 6.64. The number of nitrogens with one attached hydrogen (secondary N) is 2. The van der Waals surface area contributed by atoms with Gasteiger partial charge in [-0.25, -0.2) is 8.42 Å². The maximum atomic E-state index is 11.6. The van der Waals surface area contributed by atoms with Crippen LogP contribution in [0.5, 0.6) is 0 Å². The molecule has 8 heteroatoms. The van der Waals surface area contributed by atoms with Crippen LogP contribution >= 0.6 is 35.6 Å². The number of hydrogen-bond donors (Lipinski definition) is 2. The Morgan fingerprint density at radius 2 is 1.85 bits per heavy atom. The van der Waals surface area contributed by atoms with E-state index in [1.807, 2.05) is 18.2 Å². The van der Waals surface area contributed by atoms with Gasteiger partial charge in [0.05, 0.1) is 5.75 Å². The van der Waals surface area contributed by atoms with E-state index in [1.54, 1.807) is 7.05 Å². The van der Waals surface area contributed by atoms with Crippen LogP contribution in [0.25, 0.3) is 0 Å². The lowest BCUT2D eigenvalue weighted by Crippen LogP contribution is -2.44. The number of nitrogens with zero attached hydrogens (tertiary/aromatic N) is 1. The van der Waals surface area contributed by atoms with Gasteiger partial charge in [-0.2, -0.15) is 0 Å². The largest absolute Gasteiger partial charge is 0.356 e. The Labute approximate surface area is 178 Å². The van der Waals surface area contributed by atoms with Crippen LogP contribution in [-0.2, 0) is 15.3 Å². The number of sulfone groups is 1. The molecule has 0 saturated heterocycles. The van der Waals surface area contributed by atoms with E-state index in [9.17, 15) is 8.42 Å². The molecule has 0 aromatic heterocycles. The van der Waals surface area contributed by atoms with Crippen molar-refractivity contribution in [3.63, 3.8) is 0 Å². The zero-order valence-electron chi connectivity index (χ0n) is 15.2. The molecule has 2 saturated carbocycles. The van der Waals surface area contributed by atoms with Crippen LogP contribution in [0, 0.1) is 5.41 Å². The van der Waals surface area contributed by atoms with Gasteiger partial charge in [0.15, 0.2) is 5.96 Å². The lowest BCUT2D eigenvalue weighted by atomic mass is 9.96. The first kappa shape index (κ1) is 21.8. The van der Waals surface area contributed by atoms with Crippen molar-refractivity contribution >= 4 is 51.4 Å². The van der Waals surface area contributed by atoms with Crippen molar-refractivity contribution in [2.75, 3.05) is 32.1 Å². The minimum Gasteiger partial charge on any atom is -0.356 e. The van der Waals surface area contributed by atoms with Crippen molar-refractivity contribution in [3.05, 3.63) is 34.9 Å². The number of benzene rings is 1.